The van der Waals surface area contributed by atoms with E-state index in [1.165, 1.54) is 5.56 Å². The molecular formula is C26H22ClN3O2S. The Labute approximate surface area is 201 Å². The summed E-state index contributed by atoms with van der Waals surface area (Å²) >= 11 is 7.81. The van der Waals surface area contributed by atoms with Gasteiger partial charge in [0.15, 0.2) is 11.6 Å². The number of aryl methyl sites for hydroxylation is 2. The molecule has 0 unspecified atom stereocenters. The molecule has 2 aromatic carbocycles. The van der Waals surface area contributed by atoms with Crippen LogP contribution in [-0.4, -0.2) is 20.1 Å². The summed E-state index contributed by atoms with van der Waals surface area (Å²) in [7, 11) is 0. The topological polar surface area (TPSA) is 68.1 Å². The van der Waals surface area contributed by atoms with Gasteiger partial charge >= 0.3 is 0 Å². The molecule has 0 atom stereocenters. The average molecular weight is 476 g/mol. The number of halogens is 1. The molecule has 0 saturated carbocycles. The van der Waals surface area contributed by atoms with E-state index in [-0.39, 0.29) is 6.61 Å². The molecule has 1 aliphatic heterocycles. The van der Waals surface area contributed by atoms with E-state index < -0.39 is 0 Å². The molecule has 0 spiro atoms. The van der Waals surface area contributed by atoms with Gasteiger partial charge in [-0.25, -0.2) is 4.98 Å². The first-order valence-corrected chi connectivity index (χ1v) is 12.0. The fraction of sp³-hybridized carbons (Fsp3) is 0.192. The van der Waals surface area contributed by atoms with Crippen LogP contribution in [0.2, 0.25) is 5.02 Å². The van der Waals surface area contributed by atoms with Gasteiger partial charge in [-0.2, -0.15) is 4.98 Å². The Balaban J connectivity index is 1.59. The number of aliphatic hydroxyl groups excluding tert-OH is 1. The van der Waals surface area contributed by atoms with E-state index in [4.69, 9.17) is 26.3 Å². The summed E-state index contributed by atoms with van der Waals surface area (Å²) < 4.78 is 6.29. The number of hydrogen-bond donors (Lipinski definition) is 1. The SMILES string of the molecule is Cc1ccc(-c2nc3c(c(SCc4cccc(Cl)c4)n2)Cc2c(CO)cnc(C)c2O3)cc1. The molecule has 7 heteroatoms. The maximum absolute atomic E-state index is 9.85. The highest BCUT2D eigenvalue weighted by atomic mass is 35.5. The van der Waals surface area contributed by atoms with Gasteiger partial charge in [0.1, 0.15) is 5.03 Å². The molecule has 2 aromatic heterocycles. The summed E-state index contributed by atoms with van der Waals surface area (Å²) in [6, 6.07) is 16.0. The number of thioether (sulfide) groups is 1. The summed E-state index contributed by atoms with van der Waals surface area (Å²) in [5, 5.41) is 11.4. The number of ether oxygens (including phenoxy) is 1. The summed E-state index contributed by atoms with van der Waals surface area (Å²) in [6.45, 7) is 3.86. The largest absolute Gasteiger partial charge is 0.436 e. The molecule has 33 heavy (non-hydrogen) atoms. The van der Waals surface area contributed by atoms with E-state index in [2.05, 4.69) is 30.1 Å². The van der Waals surface area contributed by atoms with Crippen LogP contribution in [-0.2, 0) is 18.8 Å². The van der Waals surface area contributed by atoms with Crippen LogP contribution in [0.15, 0.2) is 59.8 Å². The Morgan fingerprint density at radius 2 is 1.88 bits per heavy atom. The lowest BCUT2D eigenvalue weighted by atomic mass is 9.99. The number of pyridine rings is 1. The second kappa shape index (κ2) is 9.14. The van der Waals surface area contributed by atoms with Crippen molar-refractivity contribution in [1.29, 1.82) is 0 Å². The third kappa shape index (κ3) is 4.47. The Morgan fingerprint density at radius 3 is 2.64 bits per heavy atom. The van der Waals surface area contributed by atoms with Gasteiger partial charge in [0.2, 0.25) is 5.88 Å². The summed E-state index contributed by atoms with van der Waals surface area (Å²) in [5.74, 6) is 2.55. The minimum atomic E-state index is -0.0956. The summed E-state index contributed by atoms with van der Waals surface area (Å²) in [4.78, 5) is 14.1. The Bertz CT molecular complexity index is 1340. The molecule has 0 saturated heterocycles. The molecule has 1 aliphatic rings. The van der Waals surface area contributed by atoms with Crippen molar-refractivity contribution in [1.82, 2.24) is 15.0 Å². The molecule has 5 nitrogen and oxygen atoms in total. The Hall–Kier alpha value is -2.93. The lowest BCUT2D eigenvalue weighted by molar-refractivity contribution is 0.278. The van der Waals surface area contributed by atoms with Gasteiger partial charge in [0.25, 0.3) is 0 Å². The first-order valence-electron chi connectivity index (χ1n) is 10.6. The van der Waals surface area contributed by atoms with Crippen LogP contribution in [0.25, 0.3) is 11.4 Å². The van der Waals surface area contributed by atoms with Crippen molar-refractivity contribution in [3.63, 3.8) is 0 Å². The van der Waals surface area contributed by atoms with Gasteiger partial charge in [-0.3, -0.25) is 4.98 Å². The van der Waals surface area contributed by atoms with Crippen molar-refractivity contribution >= 4 is 23.4 Å². The number of rotatable bonds is 5. The summed E-state index contributed by atoms with van der Waals surface area (Å²) in [6.07, 6.45) is 2.29. The maximum Gasteiger partial charge on any atom is 0.227 e. The predicted molar refractivity (Wildman–Crippen MR) is 131 cm³/mol. The fourth-order valence-corrected chi connectivity index (χ4v) is 5.00. The van der Waals surface area contributed by atoms with E-state index in [9.17, 15) is 5.11 Å². The van der Waals surface area contributed by atoms with Crippen LogP contribution < -0.4 is 4.74 Å². The zero-order chi connectivity index (χ0) is 22.9. The van der Waals surface area contributed by atoms with Crippen molar-refractivity contribution in [3.05, 3.63) is 93.3 Å². The van der Waals surface area contributed by atoms with E-state index in [1.807, 2.05) is 37.3 Å². The molecule has 0 aliphatic carbocycles. The summed E-state index contributed by atoms with van der Waals surface area (Å²) in [5.41, 5.74) is 6.62. The van der Waals surface area contributed by atoms with Gasteiger partial charge in [0, 0.05) is 40.1 Å². The average Bonchev–Trinajstić information content (AvgIpc) is 2.82. The smallest absolute Gasteiger partial charge is 0.227 e. The lowest BCUT2D eigenvalue weighted by Crippen LogP contribution is -2.13. The minimum Gasteiger partial charge on any atom is -0.436 e. The fourth-order valence-electron chi connectivity index (χ4n) is 3.82. The van der Waals surface area contributed by atoms with Gasteiger partial charge in [-0.05, 0) is 31.5 Å². The van der Waals surface area contributed by atoms with Crippen molar-refractivity contribution < 1.29 is 9.84 Å². The van der Waals surface area contributed by atoms with Crippen LogP contribution in [0.5, 0.6) is 11.6 Å². The molecule has 0 bridgehead atoms. The van der Waals surface area contributed by atoms with Crippen molar-refractivity contribution in [2.75, 3.05) is 0 Å². The first-order chi connectivity index (χ1) is 16.0. The molecule has 4 aromatic rings. The van der Waals surface area contributed by atoms with E-state index >= 15 is 0 Å². The molecule has 1 N–H and O–H groups in total. The third-order valence-corrected chi connectivity index (χ3v) is 6.96. The quantitative estimate of drug-likeness (QED) is 0.238. The number of hydrogen-bond acceptors (Lipinski definition) is 6. The molecule has 166 valence electrons. The van der Waals surface area contributed by atoms with E-state index in [0.29, 0.717) is 34.7 Å². The normalized spacial score (nSPS) is 12.1. The van der Waals surface area contributed by atoms with E-state index in [0.717, 1.165) is 38.5 Å². The van der Waals surface area contributed by atoms with Crippen molar-refractivity contribution in [2.45, 2.75) is 37.7 Å². The maximum atomic E-state index is 9.85. The minimum absolute atomic E-state index is 0.0956. The van der Waals surface area contributed by atoms with Crippen LogP contribution in [0.4, 0.5) is 0 Å². The highest BCUT2D eigenvalue weighted by Crippen LogP contribution is 2.43. The Kier molecular flexibility index (Phi) is 6.06. The zero-order valence-electron chi connectivity index (χ0n) is 18.3. The zero-order valence-corrected chi connectivity index (χ0v) is 19.9. The van der Waals surface area contributed by atoms with Gasteiger partial charge in [-0.1, -0.05) is 53.6 Å². The number of fused-ring (bicyclic) bond motifs is 2. The molecule has 0 fully saturated rings. The van der Waals surface area contributed by atoms with Crippen LogP contribution in [0.3, 0.4) is 0 Å². The highest BCUT2D eigenvalue weighted by Gasteiger charge is 2.27. The molecule has 3 heterocycles. The second-order valence-electron chi connectivity index (χ2n) is 8.03. The van der Waals surface area contributed by atoms with Gasteiger partial charge in [0.05, 0.1) is 17.9 Å². The number of aromatic nitrogens is 3. The molecule has 5 rings (SSSR count). The van der Waals surface area contributed by atoms with Gasteiger partial charge in [-0.15, -0.1) is 11.8 Å². The van der Waals surface area contributed by atoms with Gasteiger partial charge < -0.3 is 9.84 Å². The molecule has 0 radical (unpaired) electrons. The number of aliphatic hydroxyl groups is 1. The van der Waals surface area contributed by atoms with Crippen LogP contribution in [0.1, 0.15) is 33.5 Å². The number of benzene rings is 2. The van der Waals surface area contributed by atoms with Crippen molar-refractivity contribution in [2.24, 2.45) is 0 Å². The number of nitrogens with zero attached hydrogens (tertiary/aromatic N) is 3. The highest BCUT2D eigenvalue weighted by molar-refractivity contribution is 7.98. The van der Waals surface area contributed by atoms with E-state index in [1.54, 1.807) is 18.0 Å². The first kappa shape index (κ1) is 21.9. The molecule has 0 amide bonds. The molecular weight excluding hydrogens is 454 g/mol. The van der Waals surface area contributed by atoms with Crippen molar-refractivity contribution in [3.8, 4) is 23.0 Å². The second-order valence-corrected chi connectivity index (χ2v) is 9.43. The monoisotopic (exact) mass is 475 g/mol. The van der Waals surface area contributed by atoms with Crippen LogP contribution >= 0.6 is 23.4 Å². The van der Waals surface area contributed by atoms with Crippen LogP contribution in [0, 0.1) is 13.8 Å². The predicted octanol–water partition coefficient (Wildman–Crippen LogP) is 6.29. The lowest BCUT2D eigenvalue weighted by Gasteiger charge is -2.24. The standard InChI is InChI=1S/C26H22ClN3O2S/c1-15-6-8-18(9-7-15)24-29-25-22(11-21-19(13-31)12-28-16(2)23(21)32-25)26(30-24)33-14-17-4-3-5-20(27)10-17/h3-10,12,31H,11,13-14H2,1-2H3. The third-order valence-electron chi connectivity index (χ3n) is 5.63. The Morgan fingerprint density at radius 1 is 1.06 bits per heavy atom.